The van der Waals surface area contributed by atoms with Crippen LogP contribution in [0.15, 0.2) is 50.6 Å². The van der Waals surface area contributed by atoms with Crippen LogP contribution in [0.3, 0.4) is 0 Å². The smallest absolute Gasteiger partial charge is 0.316 e. The summed E-state index contributed by atoms with van der Waals surface area (Å²) in [5, 5.41) is 9.34. The lowest BCUT2D eigenvalue weighted by Gasteiger charge is -2.15. The highest BCUT2D eigenvalue weighted by Crippen LogP contribution is 2.29. The molecule has 0 bridgehead atoms. The topological polar surface area (TPSA) is 217 Å². The molecule has 0 fully saturated rings. The van der Waals surface area contributed by atoms with Crippen molar-refractivity contribution in [2.45, 2.75) is 0 Å². The largest absolute Gasteiger partial charge is 0.394 e. The molecular weight excluding hydrogens is 436 g/mol. The van der Waals surface area contributed by atoms with Gasteiger partial charge in [0, 0.05) is 0 Å². The fraction of sp³-hybridized carbons (Fsp3) is 0. The second-order valence-corrected chi connectivity index (χ2v) is 5.74. The van der Waals surface area contributed by atoms with Crippen molar-refractivity contribution >= 4 is 57.3 Å². The Hall–Kier alpha value is -4.21. The molecular formula is C16H18N6O8S. The monoisotopic (exact) mass is 454 g/mol. The molecule has 1 aromatic heterocycles. The van der Waals surface area contributed by atoms with Gasteiger partial charge in [0.15, 0.2) is 11.6 Å². The molecule has 14 nitrogen and oxygen atoms in total. The molecule has 0 aliphatic heterocycles. The lowest BCUT2D eigenvalue weighted by Crippen LogP contribution is -2.21. The zero-order valence-corrected chi connectivity index (χ0v) is 16.6. The van der Waals surface area contributed by atoms with Crippen LogP contribution in [0.2, 0.25) is 0 Å². The van der Waals surface area contributed by atoms with E-state index in [2.05, 4.69) is 57.6 Å². The van der Waals surface area contributed by atoms with Gasteiger partial charge >= 0.3 is 10.4 Å². The number of amides is 4. The van der Waals surface area contributed by atoms with Crippen molar-refractivity contribution in [3.63, 3.8) is 0 Å². The summed E-state index contributed by atoms with van der Waals surface area (Å²) in [6, 6.07) is 0. The van der Waals surface area contributed by atoms with Crippen molar-refractivity contribution in [2.75, 3.05) is 21.3 Å². The van der Waals surface area contributed by atoms with Crippen LogP contribution >= 0.6 is 0 Å². The van der Waals surface area contributed by atoms with Crippen molar-refractivity contribution in [2.24, 2.45) is 0 Å². The summed E-state index contributed by atoms with van der Waals surface area (Å²) in [6.07, 6.45) is 3.86. The van der Waals surface area contributed by atoms with E-state index in [1.165, 1.54) is 0 Å². The first-order valence-corrected chi connectivity index (χ1v) is 9.09. The number of nitrogens with zero attached hydrogens (tertiary/aromatic N) is 2. The number of rotatable bonds is 8. The molecule has 166 valence electrons. The Bertz CT molecular complexity index is 984. The summed E-state index contributed by atoms with van der Waals surface area (Å²) in [5.74, 6) is -3.24. The van der Waals surface area contributed by atoms with Crippen molar-refractivity contribution < 1.29 is 36.7 Å². The third kappa shape index (κ3) is 11.4. The Morgan fingerprint density at radius 3 is 1.29 bits per heavy atom. The molecule has 0 saturated heterocycles. The van der Waals surface area contributed by atoms with Gasteiger partial charge in [-0.05, 0) is 24.3 Å². The molecule has 6 N–H and O–H groups in total. The highest BCUT2D eigenvalue weighted by atomic mass is 32.3. The zero-order chi connectivity index (χ0) is 24.2. The number of anilines is 4. The van der Waals surface area contributed by atoms with E-state index in [0.717, 1.165) is 24.3 Å². The van der Waals surface area contributed by atoms with Crippen molar-refractivity contribution in [3.05, 3.63) is 50.6 Å². The molecule has 4 amide bonds. The Balaban J connectivity index is 0.00000161. The molecule has 0 atom stereocenters. The van der Waals surface area contributed by atoms with Crippen LogP contribution in [0.1, 0.15) is 0 Å². The lowest BCUT2D eigenvalue weighted by atomic mass is 10.3. The van der Waals surface area contributed by atoms with Gasteiger partial charge < -0.3 is 16.0 Å². The molecule has 0 aliphatic carbocycles. The van der Waals surface area contributed by atoms with Gasteiger partial charge in [0.1, 0.15) is 5.69 Å². The van der Waals surface area contributed by atoms with Gasteiger partial charge in [-0.25, -0.2) is 0 Å². The first kappa shape index (κ1) is 26.8. The maximum Gasteiger partial charge on any atom is 0.394 e. The van der Waals surface area contributed by atoms with Crippen molar-refractivity contribution in [1.29, 1.82) is 0 Å². The first-order valence-electron chi connectivity index (χ1n) is 7.70. The summed E-state index contributed by atoms with van der Waals surface area (Å²) >= 11 is 0. The molecule has 0 saturated carbocycles. The fourth-order valence-electron chi connectivity index (χ4n) is 1.49. The van der Waals surface area contributed by atoms with Crippen molar-refractivity contribution in [3.8, 4) is 0 Å². The highest BCUT2D eigenvalue weighted by Gasteiger charge is 2.19. The summed E-state index contributed by atoms with van der Waals surface area (Å²) in [5.41, 5.74) is -0.128. The van der Waals surface area contributed by atoms with Crippen molar-refractivity contribution in [1.82, 2.24) is 9.97 Å². The third-order valence-electron chi connectivity index (χ3n) is 2.62. The Morgan fingerprint density at radius 2 is 0.968 bits per heavy atom. The molecule has 1 aromatic rings. The van der Waals surface area contributed by atoms with E-state index in [-0.39, 0.29) is 23.3 Å². The van der Waals surface area contributed by atoms with Crippen LogP contribution < -0.4 is 21.3 Å². The molecule has 0 unspecified atom stereocenters. The summed E-state index contributed by atoms with van der Waals surface area (Å²) < 4.78 is 31.6. The fourth-order valence-corrected chi connectivity index (χ4v) is 1.49. The number of aromatic nitrogens is 2. The molecule has 31 heavy (non-hydrogen) atoms. The second kappa shape index (κ2) is 12.4. The minimum absolute atomic E-state index is 0.128. The average molecular weight is 454 g/mol. The van der Waals surface area contributed by atoms with E-state index < -0.39 is 34.0 Å². The van der Waals surface area contributed by atoms with E-state index in [1.807, 2.05) is 0 Å². The third-order valence-corrected chi connectivity index (χ3v) is 2.62. The minimum Gasteiger partial charge on any atom is -0.316 e. The van der Waals surface area contributed by atoms with Crippen LogP contribution in [0.25, 0.3) is 0 Å². The normalized spacial score (nSPS) is 9.61. The SMILES string of the molecule is C=CC(=O)Nc1nc(NC(=O)C=C)c(NC(=O)C=C)c(NC(=O)C=C)n1.O=S(=O)(O)O. The molecule has 1 heterocycles. The Kier molecular flexibility index (Phi) is 10.7. The number of hydrogen-bond acceptors (Lipinski definition) is 8. The highest BCUT2D eigenvalue weighted by molar-refractivity contribution is 7.79. The standard InChI is InChI=1S/C16H16N6O4.H2O4S/c1-5-9(23)17-13-14(18-10(24)6-2)21-16(20-12(26)8-4)22-15(13)19-11(25)7-3;1-5(2,3)4/h5-8H,1-4H2,(H,17,23)(H3,18,19,20,21,22,24,25,26);(H2,1,2,3,4). The van der Waals surface area contributed by atoms with Crippen LogP contribution in [0, 0.1) is 0 Å². The maximum atomic E-state index is 11.7. The van der Waals surface area contributed by atoms with Crippen LogP contribution in [-0.2, 0) is 29.6 Å². The second-order valence-electron chi connectivity index (χ2n) is 4.84. The van der Waals surface area contributed by atoms with Crippen LogP contribution in [-0.4, -0.2) is 51.1 Å². The van der Waals surface area contributed by atoms with Gasteiger partial charge in [0.05, 0.1) is 0 Å². The molecule has 0 radical (unpaired) electrons. The average Bonchev–Trinajstić information content (AvgIpc) is 2.68. The number of hydrogen-bond donors (Lipinski definition) is 6. The number of nitrogens with one attached hydrogen (secondary N) is 4. The minimum atomic E-state index is -4.67. The number of carbonyl (C=O) groups excluding carboxylic acids is 4. The lowest BCUT2D eigenvalue weighted by molar-refractivity contribution is -0.112. The Labute approximate surface area is 176 Å². The van der Waals surface area contributed by atoms with E-state index in [9.17, 15) is 19.2 Å². The molecule has 1 rings (SSSR count). The maximum absolute atomic E-state index is 11.7. The van der Waals surface area contributed by atoms with E-state index in [4.69, 9.17) is 17.5 Å². The van der Waals surface area contributed by atoms with E-state index in [0.29, 0.717) is 0 Å². The summed E-state index contributed by atoms with van der Waals surface area (Å²) in [6.45, 7) is 13.2. The molecule has 0 spiro atoms. The van der Waals surface area contributed by atoms with Gasteiger partial charge in [-0.3, -0.25) is 33.6 Å². The number of carbonyl (C=O) groups is 4. The first-order chi connectivity index (χ1) is 14.3. The van der Waals surface area contributed by atoms with Gasteiger partial charge in [0.2, 0.25) is 29.6 Å². The van der Waals surface area contributed by atoms with E-state index in [1.54, 1.807) is 0 Å². The summed E-state index contributed by atoms with van der Waals surface area (Å²) in [4.78, 5) is 54.3. The van der Waals surface area contributed by atoms with Crippen LogP contribution in [0.4, 0.5) is 23.3 Å². The predicted molar refractivity (Wildman–Crippen MR) is 112 cm³/mol. The van der Waals surface area contributed by atoms with Gasteiger partial charge in [0.25, 0.3) is 0 Å². The predicted octanol–water partition coefficient (Wildman–Crippen LogP) is 0.322. The van der Waals surface area contributed by atoms with E-state index >= 15 is 0 Å². The molecule has 0 aromatic carbocycles. The summed E-state index contributed by atoms with van der Waals surface area (Å²) in [7, 11) is -4.67. The molecule has 15 heteroatoms. The van der Waals surface area contributed by atoms with Gasteiger partial charge in [-0.15, -0.1) is 0 Å². The molecule has 0 aliphatic rings. The zero-order valence-electron chi connectivity index (χ0n) is 15.8. The quantitative estimate of drug-likeness (QED) is 0.233. The van der Waals surface area contributed by atoms with Gasteiger partial charge in [-0.1, -0.05) is 26.3 Å². The Morgan fingerprint density at radius 1 is 0.677 bits per heavy atom. The van der Waals surface area contributed by atoms with Crippen LogP contribution in [0.5, 0.6) is 0 Å². The van der Waals surface area contributed by atoms with Gasteiger partial charge in [-0.2, -0.15) is 18.4 Å².